The Kier molecular flexibility index (Phi) is 4.03. The van der Waals surface area contributed by atoms with Crippen LogP contribution in [-0.4, -0.2) is 47.0 Å². The summed E-state index contributed by atoms with van der Waals surface area (Å²) in [4.78, 5) is 7.30. The molecule has 0 radical (unpaired) electrons. The topological polar surface area (TPSA) is 27.6 Å². The van der Waals surface area contributed by atoms with E-state index in [0.29, 0.717) is 6.04 Å². The van der Waals surface area contributed by atoms with Crippen molar-refractivity contribution in [1.82, 2.24) is 10.2 Å². The fourth-order valence-corrected chi connectivity index (χ4v) is 3.47. The molecular formula is C13H25N3S. The number of nitrogens with zero attached hydrogens (tertiary/aromatic N) is 2. The van der Waals surface area contributed by atoms with E-state index in [1.54, 1.807) is 0 Å². The Hall–Kier alpha value is -0.220. The van der Waals surface area contributed by atoms with Gasteiger partial charge < -0.3 is 10.2 Å². The molecule has 2 fully saturated rings. The van der Waals surface area contributed by atoms with E-state index in [9.17, 15) is 0 Å². The first kappa shape index (κ1) is 13.2. The summed E-state index contributed by atoms with van der Waals surface area (Å²) in [6, 6.07) is 0.686. The standard InChI is InChI=1S/C13H25N3S/c1-10(2)16-6-5-11(8-16)7-14-12-15-13(3,4)9-17-12/h10-11H,5-9H2,1-4H3,(H,14,15). The molecule has 0 spiro atoms. The highest BCUT2D eigenvalue weighted by Gasteiger charge is 2.28. The molecule has 2 rings (SSSR count). The zero-order valence-electron chi connectivity index (χ0n) is 11.5. The lowest BCUT2D eigenvalue weighted by atomic mass is 10.1. The summed E-state index contributed by atoms with van der Waals surface area (Å²) in [6.07, 6.45) is 1.31. The number of aliphatic imine (C=N–C) groups is 1. The molecule has 1 atom stereocenters. The second-order valence-corrected chi connectivity index (χ2v) is 7.15. The highest BCUT2D eigenvalue weighted by Crippen LogP contribution is 2.23. The van der Waals surface area contributed by atoms with Gasteiger partial charge in [-0.15, -0.1) is 0 Å². The quantitative estimate of drug-likeness (QED) is 0.838. The number of nitrogens with one attached hydrogen (secondary N) is 1. The van der Waals surface area contributed by atoms with Crippen molar-refractivity contribution in [2.24, 2.45) is 10.9 Å². The van der Waals surface area contributed by atoms with Crippen LogP contribution in [0.1, 0.15) is 34.1 Å². The molecule has 2 aliphatic heterocycles. The van der Waals surface area contributed by atoms with Gasteiger partial charge in [-0.3, -0.25) is 4.99 Å². The predicted octanol–water partition coefficient (Wildman–Crippen LogP) is 2.19. The van der Waals surface area contributed by atoms with Crippen LogP contribution < -0.4 is 5.32 Å². The van der Waals surface area contributed by atoms with Crippen LogP contribution in [0.5, 0.6) is 0 Å². The molecule has 0 aromatic heterocycles. The average molecular weight is 255 g/mol. The molecule has 0 aliphatic carbocycles. The summed E-state index contributed by atoms with van der Waals surface area (Å²) >= 11 is 1.87. The first-order valence-corrected chi connectivity index (χ1v) is 7.64. The number of hydrogen-bond acceptors (Lipinski definition) is 3. The van der Waals surface area contributed by atoms with Crippen molar-refractivity contribution in [3.8, 4) is 0 Å². The van der Waals surface area contributed by atoms with Crippen LogP contribution in [0.15, 0.2) is 4.99 Å². The first-order valence-electron chi connectivity index (χ1n) is 6.66. The van der Waals surface area contributed by atoms with Crippen molar-refractivity contribution < 1.29 is 0 Å². The molecule has 1 unspecified atom stereocenters. The number of likely N-dealkylation sites (tertiary alicyclic amines) is 1. The zero-order valence-corrected chi connectivity index (χ0v) is 12.3. The molecule has 2 heterocycles. The Morgan fingerprint density at radius 1 is 1.53 bits per heavy atom. The minimum absolute atomic E-state index is 0.225. The third-order valence-electron chi connectivity index (χ3n) is 3.56. The van der Waals surface area contributed by atoms with Crippen LogP contribution in [0.3, 0.4) is 0 Å². The van der Waals surface area contributed by atoms with Crippen molar-refractivity contribution in [2.45, 2.75) is 45.7 Å². The first-order chi connectivity index (χ1) is 7.96. The lowest BCUT2D eigenvalue weighted by Gasteiger charge is -2.19. The van der Waals surface area contributed by atoms with E-state index < -0.39 is 0 Å². The zero-order chi connectivity index (χ0) is 12.5. The summed E-state index contributed by atoms with van der Waals surface area (Å²) in [5, 5.41) is 4.64. The van der Waals surface area contributed by atoms with Gasteiger partial charge in [0.1, 0.15) is 0 Å². The predicted molar refractivity (Wildman–Crippen MR) is 76.8 cm³/mol. The van der Waals surface area contributed by atoms with Crippen molar-refractivity contribution in [2.75, 3.05) is 25.4 Å². The SMILES string of the molecule is CC(C)N1CCC(CN=C2NC(C)(C)CS2)C1. The molecule has 0 bridgehead atoms. The fourth-order valence-electron chi connectivity index (χ4n) is 2.39. The van der Waals surface area contributed by atoms with E-state index in [1.807, 2.05) is 11.8 Å². The van der Waals surface area contributed by atoms with Gasteiger partial charge in [0.05, 0.1) is 0 Å². The maximum Gasteiger partial charge on any atom is 0.157 e. The second kappa shape index (κ2) is 5.19. The van der Waals surface area contributed by atoms with E-state index in [0.717, 1.165) is 23.4 Å². The van der Waals surface area contributed by atoms with Crippen LogP contribution in [0.25, 0.3) is 0 Å². The number of amidine groups is 1. The molecule has 17 heavy (non-hydrogen) atoms. The lowest BCUT2D eigenvalue weighted by Crippen LogP contribution is -2.37. The Bertz CT molecular complexity index is 299. The molecule has 98 valence electrons. The van der Waals surface area contributed by atoms with Crippen molar-refractivity contribution in [3.05, 3.63) is 0 Å². The minimum Gasteiger partial charge on any atom is -0.359 e. The van der Waals surface area contributed by atoms with Crippen molar-refractivity contribution in [1.29, 1.82) is 0 Å². The van der Waals surface area contributed by atoms with Gasteiger partial charge in [0.15, 0.2) is 5.17 Å². The van der Waals surface area contributed by atoms with E-state index in [2.05, 4.69) is 37.9 Å². The molecule has 3 nitrogen and oxygen atoms in total. The van der Waals surface area contributed by atoms with Gasteiger partial charge >= 0.3 is 0 Å². The Morgan fingerprint density at radius 3 is 2.82 bits per heavy atom. The van der Waals surface area contributed by atoms with Gasteiger partial charge in [-0.2, -0.15) is 0 Å². The summed E-state index contributed by atoms with van der Waals surface area (Å²) in [7, 11) is 0. The van der Waals surface area contributed by atoms with E-state index >= 15 is 0 Å². The van der Waals surface area contributed by atoms with Gasteiger partial charge in [-0.25, -0.2) is 0 Å². The van der Waals surface area contributed by atoms with Crippen LogP contribution in [0.4, 0.5) is 0 Å². The lowest BCUT2D eigenvalue weighted by molar-refractivity contribution is 0.266. The molecule has 2 saturated heterocycles. The second-order valence-electron chi connectivity index (χ2n) is 6.19. The van der Waals surface area contributed by atoms with E-state index in [4.69, 9.17) is 4.99 Å². The average Bonchev–Trinajstić information content (AvgIpc) is 2.81. The molecular weight excluding hydrogens is 230 g/mol. The fraction of sp³-hybridized carbons (Fsp3) is 0.923. The molecule has 0 saturated carbocycles. The Labute approximate surface area is 109 Å². The highest BCUT2D eigenvalue weighted by atomic mass is 32.2. The normalized spacial score (nSPS) is 31.4. The van der Waals surface area contributed by atoms with Gasteiger partial charge in [0.25, 0.3) is 0 Å². The molecule has 0 aromatic rings. The van der Waals surface area contributed by atoms with Gasteiger partial charge in [0, 0.05) is 30.4 Å². The maximum atomic E-state index is 4.74. The Balaban J connectivity index is 1.78. The van der Waals surface area contributed by atoms with Crippen LogP contribution in [0.2, 0.25) is 0 Å². The van der Waals surface area contributed by atoms with E-state index in [-0.39, 0.29) is 5.54 Å². The van der Waals surface area contributed by atoms with Crippen LogP contribution >= 0.6 is 11.8 Å². The van der Waals surface area contributed by atoms with Crippen LogP contribution in [-0.2, 0) is 0 Å². The number of rotatable bonds is 3. The minimum atomic E-state index is 0.225. The van der Waals surface area contributed by atoms with Crippen molar-refractivity contribution >= 4 is 16.9 Å². The van der Waals surface area contributed by atoms with E-state index in [1.165, 1.54) is 19.5 Å². The largest absolute Gasteiger partial charge is 0.359 e. The summed E-state index contributed by atoms with van der Waals surface area (Å²) in [5.74, 6) is 1.89. The molecule has 0 aromatic carbocycles. The summed E-state index contributed by atoms with van der Waals surface area (Å²) < 4.78 is 0. The summed E-state index contributed by atoms with van der Waals surface area (Å²) in [5.41, 5.74) is 0.225. The molecule has 2 aliphatic rings. The monoisotopic (exact) mass is 255 g/mol. The summed E-state index contributed by atoms with van der Waals surface area (Å²) in [6.45, 7) is 12.5. The maximum absolute atomic E-state index is 4.74. The highest BCUT2D eigenvalue weighted by molar-refractivity contribution is 8.14. The van der Waals surface area contributed by atoms with Gasteiger partial charge in [-0.1, -0.05) is 11.8 Å². The third kappa shape index (κ3) is 3.62. The number of thioether (sulfide) groups is 1. The molecule has 0 amide bonds. The van der Waals surface area contributed by atoms with Crippen LogP contribution in [0, 0.1) is 5.92 Å². The van der Waals surface area contributed by atoms with Gasteiger partial charge in [0.2, 0.25) is 0 Å². The van der Waals surface area contributed by atoms with Crippen molar-refractivity contribution in [3.63, 3.8) is 0 Å². The molecule has 1 N–H and O–H groups in total. The molecule has 4 heteroatoms. The Morgan fingerprint density at radius 2 is 2.29 bits per heavy atom. The van der Waals surface area contributed by atoms with Gasteiger partial charge in [-0.05, 0) is 46.6 Å². The third-order valence-corrected chi connectivity index (χ3v) is 4.93. The number of hydrogen-bond donors (Lipinski definition) is 1. The smallest absolute Gasteiger partial charge is 0.157 e.